The Bertz CT molecular complexity index is 390. The standard InChI is InChI=1S/C12H15BCl2O3/c1-7(11(17)6-16)4-12(18-13)8-2-3-9(14)10(15)5-8/h2-3,5,7,11-12,16-17H,4,6H2,1H3/t7-,11?,12?/m0/s1. The lowest BCUT2D eigenvalue weighted by Gasteiger charge is -2.23. The van der Waals surface area contributed by atoms with Crippen molar-refractivity contribution < 1.29 is 14.9 Å². The van der Waals surface area contributed by atoms with Crippen LogP contribution in [0.15, 0.2) is 18.2 Å². The van der Waals surface area contributed by atoms with E-state index in [9.17, 15) is 5.11 Å². The van der Waals surface area contributed by atoms with Gasteiger partial charge in [0, 0.05) is 0 Å². The van der Waals surface area contributed by atoms with Gasteiger partial charge in [0.05, 0.1) is 28.9 Å². The molecule has 0 bridgehead atoms. The number of rotatable bonds is 6. The van der Waals surface area contributed by atoms with Crippen molar-refractivity contribution >= 4 is 31.3 Å². The van der Waals surface area contributed by atoms with Gasteiger partial charge < -0.3 is 14.9 Å². The molecule has 2 N–H and O–H groups in total. The summed E-state index contributed by atoms with van der Waals surface area (Å²) in [5.74, 6) is -0.155. The topological polar surface area (TPSA) is 49.7 Å². The van der Waals surface area contributed by atoms with Crippen molar-refractivity contribution in [2.24, 2.45) is 5.92 Å². The molecule has 0 aliphatic heterocycles. The molecule has 0 aliphatic carbocycles. The predicted octanol–water partition coefficient (Wildman–Crippen LogP) is 2.51. The summed E-state index contributed by atoms with van der Waals surface area (Å²) in [5.41, 5.74) is 0.781. The molecule has 1 rings (SSSR count). The number of benzene rings is 1. The maximum Gasteiger partial charge on any atom is 0.283 e. The van der Waals surface area contributed by atoms with Gasteiger partial charge in [-0.25, -0.2) is 0 Å². The second-order valence-corrected chi connectivity index (χ2v) is 5.08. The minimum absolute atomic E-state index is 0.155. The second kappa shape index (κ2) is 7.36. The molecule has 0 spiro atoms. The zero-order chi connectivity index (χ0) is 13.7. The molecule has 2 unspecified atom stereocenters. The first-order valence-electron chi connectivity index (χ1n) is 5.59. The van der Waals surface area contributed by atoms with Crippen LogP contribution in [0.25, 0.3) is 0 Å². The summed E-state index contributed by atoms with van der Waals surface area (Å²) in [6.07, 6.45) is -0.739. The summed E-state index contributed by atoms with van der Waals surface area (Å²) in [7, 11) is 5.26. The van der Waals surface area contributed by atoms with E-state index >= 15 is 0 Å². The highest BCUT2D eigenvalue weighted by atomic mass is 35.5. The van der Waals surface area contributed by atoms with Crippen LogP contribution in [-0.4, -0.2) is 31.0 Å². The van der Waals surface area contributed by atoms with Crippen LogP contribution < -0.4 is 0 Å². The van der Waals surface area contributed by atoms with Crippen LogP contribution in [0.1, 0.15) is 25.0 Å². The van der Waals surface area contributed by atoms with Crippen LogP contribution in [0.5, 0.6) is 0 Å². The molecule has 6 heteroatoms. The van der Waals surface area contributed by atoms with E-state index in [1.165, 1.54) is 0 Å². The van der Waals surface area contributed by atoms with Crippen molar-refractivity contribution in [3.05, 3.63) is 33.8 Å². The van der Waals surface area contributed by atoms with Crippen LogP contribution in [0, 0.1) is 5.92 Å². The van der Waals surface area contributed by atoms with Gasteiger partial charge in [0.25, 0.3) is 8.05 Å². The molecule has 0 saturated carbocycles. The van der Waals surface area contributed by atoms with E-state index in [1.807, 2.05) is 6.92 Å². The van der Waals surface area contributed by atoms with Gasteiger partial charge in [0.1, 0.15) is 0 Å². The highest BCUT2D eigenvalue weighted by Crippen LogP contribution is 2.30. The van der Waals surface area contributed by atoms with Crippen molar-refractivity contribution in [1.82, 2.24) is 0 Å². The van der Waals surface area contributed by atoms with Crippen molar-refractivity contribution in [3.63, 3.8) is 0 Å². The van der Waals surface area contributed by atoms with Gasteiger partial charge >= 0.3 is 0 Å². The second-order valence-electron chi connectivity index (χ2n) is 4.26. The van der Waals surface area contributed by atoms with Crippen LogP contribution in [0.3, 0.4) is 0 Å². The molecule has 1 aromatic rings. The molecule has 0 amide bonds. The van der Waals surface area contributed by atoms with E-state index in [1.54, 1.807) is 18.2 Å². The number of halogens is 2. The summed E-state index contributed by atoms with van der Waals surface area (Å²) >= 11 is 11.8. The molecule has 0 saturated heterocycles. The predicted molar refractivity (Wildman–Crippen MR) is 72.9 cm³/mol. The quantitative estimate of drug-likeness (QED) is 0.791. The summed E-state index contributed by atoms with van der Waals surface area (Å²) in [5, 5.41) is 19.3. The fraction of sp³-hybridized carbons (Fsp3) is 0.500. The first kappa shape index (κ1) is 15.8. The maximum absolute atomic E-state index is 9.52. The van der Waals surface area contributed by atoms with Crippen molar-refractivity contribution in [3.8, 4) is 0 Å². The molecule has 0 aromatic heterocycles. The SMILES string of the molecule is [B]OC(C[C@H](C)C(O)CO)c1ccc(Cl)c(Cl)c1. The Kier molecular flexibility index (Phi) is 6.46. The molecule has 3 atom stereocenters. The molecule has 0 aliphatic rings. The van der Waals surface area contributed by atoms with Crippen LogP contribution in [0.2, 0.25) is 10.0 Å². The molecule has 3 nitrogen and oxygen atoms in total. The molecule has 98 valence electrons. The highest BCUT2D eigenvalue weighted by Gasteiger charge is 2.20. The Balaban J connectivity index is 2.79. The largest absolute Gasteiger partial charge is 0.441 e. The third kappa shape index (κ3) is 4.14. The molecule has 0 fully saturated rings. The zero-order valence-electron chi connectivity index (χ0n) is 10.0. The Morgan fingerprint density at radius 2 is 2.00 bits per heavy atom. The van der Waals surface area contributed by atoms with Gasteiger partial charge in [-0.1, -0.05) is 36.2 Å². The first-order chi connectivity index (χ1) is 8.49. The number of hydrogen-bond donors (Lipinski definition) is 2. The number of hydrogen-bond acceptors (Lipinski definition) is 3. The Morgan fingerprint density at radius 3 is 2.50 bits per heavy atom. The van der Waals surface area contributed by atoms with Crippen molar-refractivity contribution in [1.29, 1.82) is 0 Å². The lowest BCUT2D eigenvalue weighted by Crippen LogP contribution is -2.24. The van der Waals surface area contributed by atoms with Crippen molar-refractivity contribution in [2.75, 3.05) is 6.61 Å². The fourth-order valence-corrected chi connectivity index (χ4v) is 1.96. The van der Waals surface area contributed by atoms with Crippen LogP contribution in [0.4, 0.5) is 0 Å². The van der Waals surface area contributed by atoms with E-state index in [2.05, 4.69) is 0 Å². The van der Waals surface area contributed by atoms with E-state index in [-0.39, 0.29) is 12.5 Å². The maximum atomic E-state index is 9.52. The zero-order valence-corrected chi connectivity index (χ0v) is 11.5. The van der Waals surface area contributed by atoms with Gasteiger partial charge in [0.2, 0.25) is 0 Å². The summed E-state index contributed by atoms with van der Waals surface area (Å²) in [6.45, 7) is 1.52. The molecular formula is C12H15BCl2O3. The van der Waals surface area contributed by atoms with Crippen LogP contribution in [-0.2, 0) is 4.65 Å². The third-order valence-corrected chi connectivity index (χ3v) is 3.65. The van der Waals surface area contributed by atoms with Gasteiger partial charge in [-0.15, -0.1) is 0 Å². The number of aliphatic hydroxyl groups is 2. The molecule has 1 aromatic carbocycles. The molecule has 18 heavy (non-hydrogen) atoms. The molecule has 2 radical (unpaired) electrons. The minimum atomic E-state index is -0.801. The van der Waals surface area contributed by atoms with Gasteiger partial charge in [-0.3, -0.25) is 0 Å². The molecule has 0 heterocycles. The van der Waals surface area contributed by atoms with Gasteiger partial charge in [0.15, 0.2) is 0 Å². The average Bonchev–Trinajstić information content (AvgIpc) is 2.38. The Morgan fingerprint density at radius 1 is 1.33 bits per heavy atom. The monoisotopic (exact) mass is 288 g/mol. The lowest BCUT2D eigenvalue weighted by molar-refractivity contribution is 0.0346. The van der Waals surface area contributed by atoms with Crippen LogP contribution >= 0.6 is 23.2 Å². The summed E-state index contributed by atoms with van der Waals surface area (Å²) in [6, 6.07) is 5.11. The Labute approximate surface area is 118 Å². The van der Waals surface area contributed by atoms with E-state index in [0.717, 1.165) is 5.56 Å². The minimum Gasteiger partial charge on any atom is -0.441 e. The normalized spacial score (nSPS) is 16.3. The van der Waals surface area contributed by atoms with Gasteiger partial charge in [-0.05, 0) is 30.0 Å². The highest BCUT2D eigenvalue weighted by molar-refractivity contribution is 6.42. The third-order valence-electron chi connectivity index (χ3n) is 2.91. The fourth-order valence-electron chi connectivity index (χ4n) is 1.66. The smallest absolute Gasteiger partial charge is 0.283 e. The Hall–Kier alpha value is -0.255. The van der Waals surface area contributed by atoms with Gasteiger partial charge in [-0.2, -0.15) is 0 Å². The molecular weight excluding hydrogens is 274 g/mol. The average molecular weight is 289 g/mol. The summed E-state index contributed by atoms with van der Waals surface area (Å²) in [4.78, 5) is 0. The number of aliphatic hydroxyl groups excluding tert-OH is 2. The summed E-state index contributed by atoms with van der Waals surface area (Å²) < 4.78 is 4.90. The van der Waals surface area contributed by atoms with E-state index in [0.29, 0.717) is 16.5 Å². The van der Waals surface area contributed by atoms with E-state index < -0.39 is 12.2 Å². The first-order valence-corrected chi connectivity index (χ1v) is 6.34. The van der Waals surface area contributed by atoms with E-state index in [4.69, 9.17) is 41.0 Å². The lowest BCUT2D eigenvalue weighted by atomic mass is 9.94. The van der Waals surface area contributed by atoms with Crippen molar-refractivity contribution in [2.45, 2.75) is 25.6 Å².